The van der Waals surface area contributed by atoms with Crippen LogP contribution in [-0.2, 0) is 0 Å². The number of hydrogen-bond donors (Lipinski definition) is 0. The van der Waals surface area contributed by atoms with Crippen molar-refractivity contribution in [1.29, 1.82) is 0 Å². The summed E-state index contributed by atoms with van der Waals surface area (Å²) in [4.78, 5) is 2.25. The number of benzene rings is 7. The van der Waals surface area contributed by atoms with Crippen molar-refractivity contribution in [2.24, 2.45) is 0 Å². The Balaban J connectivity index is 0.000000870. The van der Waals surface area contributed by atoms with Crippen molar-refractivity contribution in [2.75, 3.05) is 4.90 Å². The minimum Gasteiger partial charge on any atom is -0.457 e. The predicted octanol–water partition coefficient (Wildman–Crippen LogP) is 13.9. The highest BCUT2D eigenvalue weighted by atomic mass is 31.0. The fourth-order valence-corrected chi connectivity index (χ4v) is 6.75. The van der Waals surface area contributed by atoms with Crippen LogP contribution in [0.3, 0.4) is 0 Å². The molecule has 0 radical (unpaired) electrons. The van der Waals surface area contributed by atoms with Gasteiger partial charge in [-0.2, -0.15) is 0 Å². The molecule has 0 aliphatic carbocycles. The molecule has 1 atom stereocenters. The number of fused-ring (bicyclic) bond motifs is 2. The van der Waals surface area contributed by atoms with E-state index in [9.17, 15) is 0 Å². The van der Waals surface area contributed by atoms with E-state index in [1.54, 1.807) is 6.08 Å². The Morgan fingerprint density at radius 1 is 0.577 bits per heavy atom. The number of anilines is 3. The van der Waals surface area contributed by atoms with Gasteiger partial charge >= 0.3 is 0 Å². The molecular formula is C49H42NOP. The van der Waals surface area contributed by atoms with Gasteiger partial charge in [0, 0.05) is 17.1 Å². The van der Waals surface area contributed by atoms with Crippen LogP contribution in [0, 0.1) is 0 Å². The van der Waals surface area contributed by atoms with Gasteiger partial charge in [-0.3, -0.25) is 0 Å². The molecule has 3 heteroatoms. The van der Waals surface area contributed by atoms with Gasteiger partial charge in [-0.15, -0.1) is 9.24 Å². The van der Waals surface area contributed by atoms with Crippen molar-refractivity contribution in [3.05, 3.63) is 213 Å². The van der Waals surface area contributed by atoms with Gasteiger partial charge in [0.05, 0.1) is 0 Å². The van der Waals surface area contributed by atoms with E-state index >= 15 is 0 Å². The second-order valence-corrected chi connectivity index (χ2v) is 12.7. The molecule has 7 rings (SSSR count). The fraction of sp³-hybridized carbons (Fsp3) is 0.0204. The Kier molecular flexibility index (Phi) is 11.7. The maximum atomic E-state index is 6.49. The van der Waals surface area contributed by atoms with Crippen molar-refractivity contribution in [1.82, 2.24) is 0 Å². The van der Waals surface area contributed by atoms with Gasteiger partial charge in [0.1, 0.15) is 11.5 Å². The lowest BCUT2D eigenvalue weighted by molar-refractivity contribution is 0.483. The van der Waals surface area contributed by atoms with Crippen LogP contribution in [0.4, 0.5) is 17.1 Å². The number of ether oxygens (including phenoxy) is 1. The van der Waals surface area contributed by atoms with E-state index < -0.39 is 0 Å². The van der Waals surface area contributed by atoms with Crippen molar-refractivity contribution >= 4 is 58.7 Å². The summed E-state index contributed by atoms with van der Waals surface area (Å²) >= 11 is 0. The third-order valence-electron chi connectivity index (χ3n) is 8.66. The van der Waals surface area contributed by atoms with Crippen LogP contribution in [-0.4, -0.2) is 0 Å². The number of nitrogens with zero attached hydrogens (tertiary/aromatic N) is 1. The summed E-state index contributed by atoms with van der Waals surface area (Å²) in [6.07, 6.45) is 11.3. The molecule has 52 heavy (non-hydrogen) atoms. The average molecular weight is 692 g/mol. The molecule has 0 fully saturated rings. The maximum Gasteiger partial charge on any atom is 0.128 e. The smallest absolute Gasteiger partial charge is 0.128 e. The highest BCUT2D eigenvalue weighted by molar-refractivity contribution is 7.27. The summed E-state index contributed by atoms with van der Waals surface area (Å²) in [7, 11) is 2.79. The lowest BCUT2D eigenvalue weighted by atomic mass is 9.85. The van der Waals surface area contributed by atoms with E-state index in [1.165, 1.54) is 27.1 Å². The highest BCUT2D eigenvalue weighted by Crippen LogP contribution is 2.43. The van der Waals surface area contributed by atoms with Gasteiger partial charge in [0.25, 0.3) is 0 Å². The second kappa shape index (κ2) is 17.1. The Morgan fingerprint density at radius 3 is 1.75 bits per heavy atom. The fourth-order valence-electron chi connectivity index (χ4n) is 6.47. The summed E-state index contributed by atoms with van der Waals surface area (Å²) in [5, 5.41) is 5.83. The highest BCUT2D eigenvalue weighted by Gasteiger charge is 2.17. The van der Waals surface area contributed by atoms with Crippen molar-refractivity contribution < 1.29 is 4.74 Å². The molecule has 2 nitrogen and oxygen atoms in total. The number of rotatable bonds is 10. The first kappa shape index (κ1) is 35.6. The van der Waals surface area contributed by atoms with Crippen LogP contribution in [0.1, 0.15) is 12.5 Å². The Labute approximate surface area is 310 Å². The van der Waals surface area contributed by atoms with Crippen molar-refractivity contribution in [2.45, 2.75) is 6.92 Å². The molecule has 0 aliphatic heterocycles. The van der Waals surface area contributed by atoms with E-state index in [0.29, 0.717) is 0 Å². The van der Waals surface area contributed by atoms with Gasteiger partial charge in [-0.1, -0.05) is 147 Å². The van der Waals surface area contributed by atoms with Crippen molar-refractivity contribution in [3.63, 3.8) is 0 Å². The number of allylic oxidation sites excluding steroid dienone is 7. The molecule has 0 aromatic heterocycles. The van der Waals surface area contributed by atoms with E-state index in [-0.39, 0.29) is 0 Å². The molecule has 1 unspecified atom stereocenters. The van der Waals surface area contributed by atoms with Gasteiger partial charge in [0.2, 0.25) is 0 Å². The molecule has 0 N–H and O–H groups in total. The van der Waals surface area contributed by atoms with Gasteiger partial charge in [0.15, 0.2) is 0 Å². The zero-order chi connectivity index (χ0) is 36.3. The zero-order valence-electron chi connectivity index (χ0n) is 29.5. The van der Waals surface area contributed by atoms with E-state index in [0.717, 1.165) is 50.6 Å². The maximum absolute atomic E-state index is 6.49. The Morgan fingerprint density at radius 2 is 1.17 bits per heavy atom. The predicted molar refractivity (Wildman–Crippen MR) is 231 cm³/mol. The molecule has 0 amide bonds. The molecule has 0 saturated carbocycles. The monoisotopic (exact) mass is 691 g/mol. The van der Waals surface area contributed by atoms with E-state index in [1.807, 2.05) is 61.6 Å². The first-order valence-corrected chi connectivity index (χ1v) is 17.9. The largest absolute Gasteiger partial charge is 0.457 e. The summed E-state index contributed by atoms with van der Waals surface area (Å²) < 4.78 is 6.49. The average Bonchev–Trinajstić information content (AvgIpc) is 3.18. The van der Waals surface area contributed by atoms with Crippen LogP contribution in [0.5, 0.6) is 11.5 Å². The number of hydrogen-bond acceptors (Lipinski definition) is 2. The molecule has 254 valence electrons. The topological polar surface area (TPSA) is 12.5 Å². The normalized spacial score (nSPS) is 11.2. The minimum absolute atomic E-state index is 0.772. The first-order chi connectivity index (χ1) is 25.6. The third-order valence-corrected chi connectivity index (χ3v) is 9.02. The van der Waals surface area contributed by atoms with Crippen LogP contribution in [0.2, 0.25) is 0 Å². The SMILES string of the molecule is C=C/C=C(\C=C)c1c2ccccc2c(-c2cccc(Oc3ccc(N(c4ccccc4)c4cccc(P)c4)cc3)c2)c2ccccc12.C=C/C=C\C. The molecule has 7 aromatic carbocycles. The molecular weight excluding hydrogens is 650 g/mol. The van der Waals surface area contributed by atoms with E-state index in [4.69, 9.17) is 4.74 Å². The quantitative estimate of drug-likeness (QED) is 0.0804. The summed E-state index contributed by atoms with van der Waals surface area (Å²) in [6.45, 7) is 13.5. The van der Waals surface area contributed by atoms with Gasteiger partial charge in [-0.25, -0.2) is 0 Å². The molecule has 7 aromatic rings. The molecule has 0 spiro atoms. The summed E-state index contributed by atoms with van der Waals surface area (Å²) in [6, 6.07) is 52.7. The summed E-state index contributed by atoms with van der Waals surface area (Å²) in [5.74, 6) is 1.55. The lowest BCUT2D eigenvalue weighted by Gasteiger charge is -2.26. The molecule has 0 bridgehead atoms. The third kappa shape index (κ3) is 7.89. The minimum atomic E-state index is 0.772. The first-order valence-electron chi connectivity index (χ1n) is 17.3. The second-order valence-electron chi connectivity index (χ2n) is 12.1. The van der Waals surface area contributed by atoms with Gasteiger partial charge < -0.3 is 9.64 Å². The van der Waals surface area contributed by atoms with Crippen molar-refractivity contribution in [3.8, 4) is 22.6 Å². The Hall–Kier alpha value is -6.21. The van der Waals surface area contributed by atoms with Crippen LogP contribution >= 0.6 is 9.24 Å². The zero-order valence-corrected chi connectivity index (χ0v) is 30.6. The lowest BCUT2D eigenvalue weighted by Crippen LogP contribution is -2.11. The van der Waals surface area contributed by atoms with E-state index in [2.05, 4.69) is 161 Å². The number of para-hydroxylation sites is 1. The van der Waals surface area contributed by atoms with Crippen LogP contribution < -0.4 is 14.9 Å². The Bertz CT molecular complexity index is 2350. The summed E-state index contributed by atoms with van der Waals surface area (Å²) in [5.41, 5.74) is 7.72. The van der Waals surface area contributed by atoms with Crippen LogP contribution in [0.25, 0.3) is 38.2 Å². The molecule has 0 heterocycles. The van der Waals surface area contributed by atoms with Crippen LogP contribution in [0.15, 0.2) is 208 Å². The molecule has 0 aliphatic rings. The molecule has 0 saturated heterocycles. The van der Waals surface area contributed by atoms with Gasteiger partial charge in [-0.05, 0) is 117 Å². The standard InChI is InChI=1S/C44H34NOP.C5H8/c1-3-14-31(4-2)43-39-21-8-10-23-41(39)44(42-24-11-9-22-40(42)43)32-15-12-19-37(29-32)46-36-27-25-34(26-28-36)45(33-16-6-5-7-17-33)35-18-13-20-38(47)30-35;1-3-5-4-2/h3-30H,1-2,47H2;3-5H,1H2,2H3/b31-14+;5-4-.